The number of nitrogen functional groups attached to an aromatic ring is 1. The van der Waals surface area contributed by atoms with Gasteiger partial charge in [0.25, 0.3) is 0 Å². The molecule has 0 aromatic carbocycles. The minimum absolute atomic E-state index is 0.478. The van der Waals surface area contributed by atoms with Crippen molar-refractivity contribution in [3.63, 3.8) is 0 Å². The van der Waals surface area contributed by atoms with E-state index in [0.717, 1.165) is 18.8 Å². The normalized spacial score (nSPS) is 17.9. The molecule has 1 aliphatic heterocycles. The minimum atomic E-state index is 0.478. The van der Waals surface area contributed by atoms with Crippen molar-refractivity contribution in [1.29, 1.82) is 0 Å². The molecule has 106 valence electrons. The fraction of sp³-hybridized carbons (Fsp3) is 0.692. The first kappa shape index (κ1) is 14.2. The third-order valence-corrected chi connectivity index (χ3v) is 3.88. The molecule has 0 atom stereocenters. The van der Waals surface area contributed by atoms with Gasteiger partial charge in [-0.2, -0.15) is 0 Å². The highest BCUT2D eigenvalue weighted by Crippen LogP contribution is 2.16. The molecule has 0 bridgehead atoms. The lowest BCUT2D eigenvalue weighted by Gasteiger charge is -2.36. The molecule has 1 aromatic rings. The Hall–Kier alpha value is -1.24. The Kier molecular flexibility index (Phi) is 5.07. The zero-order valence-corrected chi connectivity index (χ0v) is 11.8. The van der Waals surface area contributed by atoms with Gasteiger partial charge in [-0.05, 0) is 45.6 Å². The molecule has 0 aliphatic carbocycles. The predicted octanol–water partition coefficient (Wildman–Crippen LogP) is 0.678. The van der Waals surface area contributed by atoms with Gasteiger partial charge >= 0.3 is 0 Å². The summed E-state index contributed by atoms with van der Waals surface area (Å²) >= 11 is 0. The van der Waals surface area contributed by atoms with Crippen LogP contribution in [0.25, 0.3) is 0 Å². The number of aromatic nitrogens is 2. The Morgan fingerprint density at radius 2 is 2.21 bits per heavy atom. The SMILES string of the molecule is CCN1CCC(N(C)Cc2ccnc(NN)n2)CC1. The third-order valence-electron chi connectivity index (χ3n) is 3.88. The molecule has 0 unspecified atom stereocenters. The average Bonchev–Trinajstić information content (AvgIpc) is 2.47. The van der Waals surface area contributed by atoms with E-state index < -0.39 is 0 Å². The Morgan fingerprint density at radius 1 is 1.47 bits per heavy atom. The molecular formula is C13H24N6. The van der Waals surface area contributed by atoms with Gasteiger partial charge < -0.3 is 4.90 Å². The quantitative estimate of drug-likeness (QED) is 0.602. The Labute approximate surface area is 115 Å². The van der Waals surface area contributed by atoms with Crippen LogP contribution in [0, 0.1) is 0 Å². The fourth-order valence-electron chi connectivity index (χ4n) is 2.61. The molecule has 0 amide bonds. The van der Waals surface area contributed by atoms with Gasteiger partial charge in [0.2, 0.25) is 5.95 Å². The molecule has 2 rings (SSSR count). The largest absolute Gasteiger partial charge is 0.303 e. The highest BCUT2D eigenvalue weighted by atomic mass is 15.3. The standard InChI is InChI=1S/C13H24N6/c1-3-19-8-5-12(6-9-19)18(2)10-11-4-7-15-13(16-11)17-14/h4,7,12H,3,5-6,8-10,14H2,1-2H3,(H,15,16,17). The maximum atomic E-state index is 5.33. The van der Waals surface area contributed by atoms with Crippen LogP contribution in [-0.2, 0) is 6.54 Å². The van der Waals surface area contributed by atoms with Crippen molar-refractivity contribution in [3.8, 4) is 0 Å². The van der Waals surface area contributed by atoms with E-state index in [1.54, 1.807) is 6.20 Å². The van der Waals surface area contributed by atoms with E-state index in [9.17, 15) is 0 Å². The van der Waals surface area contributed by atoms with Crippen molar-refractivity contribution < 1.29 is 0 Å². The van der Waals surface area contributed by atoms with E-state index in [1.807, 2.05) is 6.07 Å². The van der Waals surface area contributed by atoms with Gasteiger partial charge in [-0.3, -0.25) is 10.3 Å². The van der Waals surface area contributed by atoms with Crippen LogP contribution in [0.1, 0.15) is 25.5 Å². The lowest BCUT2D eigenvalue weighted by atomic mass is 10.0. The van der Waals surface area contributed by atoms with Gasteiger partial charge in [0.15, 0.2) is 0 Å². The zero-order chi connectivity index (χ0) is 13.7. The summed E-state index contributed by atoms with van der Waals surface area (Å²) in [5, 5.41) is 0. The predicted molar refractivity (Wildman–Crippen MR) is 76.4 cm³/mol. The number of nitrogens with two attached hydrogens (primary N) is 1. The van der Waals surface area contributed by atoms with Crippen molar-refractivity contribution in [1.82, 2.24) is 19.8 Å². The van der Waals surface area contributed by atoms with Gasteiger partial charge in [-0.25, -0.2) is 15.8 Å². The number of nitrogens with zero attached hydrogens (tertiary/aromatic N) is 4. The number of piperidine rings is 1. The first-order chi connectivity index (χ1) is 9.22. The molecule has 0 spiro atoms. The number of rotatable bonds is 5. The Morgan fingerprint density at radius 3 is 2.84 bits per heavy atom. The molecule has 2 heterocycles. The molecule has 0 radical (unpaired) electrons. The van der Waals surface area contributed by atoms with E-state index in [4.69, 9.17) is 5.84 Å². The van der Waals surface area contributed by atoms with Crippen molar-refractivity contribution in [2.45, 2.75) is 32.4 Å². The number of likely N-dealkylation sites (tertiary alicyclic amines) is 1. The van der Waals surface area contributed by atoms with Crippen molar-refractivity contribution in [2.75, 3.05) is 32.1 Å². The van der Waals surface area contributed by atoms with Crippen LogP contribution in [0.4, 0.5) is 5.95 Å². The van der Waals surface area contributed by atoms with E-state index in [1.165, 1.54) is 25.9 Å². The summed E-state index contributed by atoms with van der Waals surface area (Å²) in [4.78, 5) is 13.3. The summed E-state index contributed by atoms with van der Waals surface area (Å²) in [6, 6.07) is 2.59. The lowest BCUT2D eigenvalue weighted by molar-refractivity contribution is 0.126. The highest BCUT2D eigenvalue weighted by molar-refractivity contribution is 5.22. The first-order valence-corrected chi connectivity index (χ1v) is 6.94. The monoisotopic (exact) mass is 264 g/mol. The van der Waals surface area contributed by atoms with Crippen molar-refractivity contribution >= 4 is 5.95 Å². The van der Waals surface area contributed by atoms with Crippen LogP contribution in [-0.4, -0.2) is 52.5 Å². The van der Waals surface area contributed by atoms with Crippen molar-refractivity contribution in [2.24, 2.45) is 5.84 Å². The van der Waals surface area contributed by atoms with E-state index in [0.29, 0.717) is 12.0 Å². The second-order valence-corrected chi connectivity index (χ2v) is 5.10. The summed E-state index contributed by atoms with van der Waals surface area (Å²) in [7, 11) is 2.17. The zero-order valence-electron chi connectivity index (χ0n) is 11.8. The molecule has 6 heteroatoms. The molecule has 1 aromatic heterocycles. The molecular weight excluding hydrogens is 240 g/mol. The molecule has 1 fully saturated rings. The number of anilines is 1. The smallest absolute Gasteiger partial charge is 0.237 e. The Bertz CT molecular complexity index is 388. The molecule has 1 aliphatic rings. The summed E-state index contributed by atoms with van der Waals surface area (Å²) in [6.45, 7) is 6.63. The fourth-order valence-corrected chi connectivity index (χ4v) is 2.61. The molecule has 0 saturated carbocycles. The van der Waals surface area contributed by atoms with Crippen LogP contribution in [0.2, 0.25) is 0 Å². The Balaban J connectivity index is 1.88. The second kappa shape index (κ2) is 6.79. The van der Waals surface area contributed by atoms with Crippen LogP contribution >= 0.6 is 0 Å². The van der Waals surface area contributed by atoms with Gasteiger partial charge in [-0.1, -0.05) is 6.92 Å². The van der Waals surface area contributed by atoms with E-state index in [-0.39, 0.29) is 0 Å². The number of hydrazine groups is 1. The van der Waals surface area contributed by atoms with Gasteiger partial charge in [0, 0.05) is 18.8 Å². The summed E-state index contributed by atoms with van der Waals surface area (Å²) < 4.78 is 0. The van der Waals surface area contributed by atoms with Crippen LogP contribution in [0.3, 0.4) is 0 Å². The second-order valence-electron chi connectivity index (χ2n) is 5.10. The number of nitrogens with one attached hydrogen (secondary N) is 1. The molecule has 3 N–H and O–H groups in total. The molecule has 19 heavy (non-hydrogen) atoms. The van der Waals surface area contributed by atoms with E-state index in [2.05, 4.69) is 39.2 Å². The molecule has 1 saturated heterocycles. The highest BCUT2D eigenvalue weighted by Gasteiger charge is 2.21. The maximum absolute atomic E-state index is 5.33. The van der Waals surface area contributed by atoms with Crippen LogP contribution in [0.5, 0.6) is 0 Å². The third kappa shape index (κ3) is 3.86. The number of hydrogen-bond donors (Lipinski definition) is 2. The molecule has 6 nitrogen and oxygen atoms in total. The average molecular weight is 264 g/mol. The summed E-state index contributed by atoms with van der Waals surface area (Å²) in [6.07, 6.45) is 4.21. The van der Waals surface area contributed by atoms with Crippen LogP contribution < -0.4 is 11.3 Å². The summed E-state index contributed by atoms with van der Waals surface area (Å²) in [5.74, 6) is 5.81. The van der Waals surface area contributed by atoms with Gasteiger partial charge in [-0.15, -0.1) is 0 Å². The van der Waals surface area contributed by atoms with Gasteiger partial charge in [0.05, 0.1) is 5.69 Å². The van der Waals surface area contributed by atoms with Gasteiger partial charge in [0.1, 0.15) is 0 Å². The minimum Gasteiger partial charge on any atom is -0.303 e. The number of hydrogen-bond acceptors (Lipinski definition) is 6. The lowest BCUT2D eigenvalue weighted by Crippen LogP contribution is -2.43. The van der Waals surface area contributed by atoms with E-state index >= 15 is 0 Å². The first-order valence-electron chi connectivity index (χ1n) is 6.94. The van der Waals surface area contributed by atoms with Crippen molar-refractivity contribution in [3.05, 3.63) is 18.0 Å². The maximum Gasteiger partial charge on any atom is 0.237 e. The topological polar surface area (TPSA) is 70.3 Å². The van der Waals surface area contributed by atoms with Crippen LogP contribution in [0.15, 0.2) is 12.3 Å². The summed E-state index contributed by atoms with van der Waals surface area (Å²) in [5.41, 5.74) is 3.49.